The Bertz CT molecular complexity index is 454. The molecule has 0 atom stereocenters. The molecule has 4 nitrogen and oxygen atoms in total. The lowest BCUT2D eigenvalue weighted by Crippen LogP contribution is -2.23. The normalized spacial score (nSPS) is 16.9. The maximum Gasteiger partial charge on any atom is 0.358 e. The molecule has 6 heteroatoms. The Morgan fingerprint density at radius 1 is 1.56 bits per heavy atom. The van der Waals surface area contributed by atoms with Crippen LogP contribution < -0.4 is 0 Å². The number of halogens is 1. The molecule has 1 aromatic heterocycles. The lowest BCUT2D eigenvalue weighted by molar-refractivity contribution is -0.00177. The molecule has 0 aliphatic heterocycles. The zero-order valence-corrected chi connectivity index (χ0v) is 12.2. The van der Waals surface area contributed by atoms with Crippen molar-refractivity contribution in [2.45, 2.75) is 38.2 Å². The van der Waals surface area contributed by atoms with Gasteiger partial charge in [0, 0.05) is 12.0 Å². The lowest BCUT2D eigenvalue weighted by Gasteiger charge is -2.13. The van der Waals surface area contributed by atoms with Crippen LogP contribution >= 0.6 is 22.9 Å². The number of thiazole rings is 1. The van der Waals surface area contributed by atoms with E-state index in [1.54, 1.807) is 7.11 Å². The number of methoxy groups -OCH3 is 1. The number of ether oxygens (including phenoxy) is 2. The molecule has 0 radical (unpaired) electrons. The highest BCUT2D eigenvalue weighted by Crippen LogP contribution is 2.39. The molecule has 0 aromatic carbocycles. The predicted molar refractivity (Wildman–Crippen MR) is 70.5 cm³/mol. The van der Waals surface area contributed by atoms with Gasteiger partial charge in [0.2, 0.25) is 0 Å². The maximum absolute atomic E-state index is 12.0. The van der Waals surface area contributed by atoms with Gasteiger partial charge in [-0.25, -0.2) is 9.78 Å². The minimum atomic E-state index is -0.412. The Hall–Kier alpha value is -0.650. The summed E-state index contributed by atoms with van der Waals surface area (Å²) in [6, 6.07) is 0. The first kappa shape index (κ1) is 13.8. The van der Waals surface area contributed by atoms with Gasteiger partial charge >= 0.3 is 5.97 Å². The summed E-state index contributed by atoms with van der Waals surface area (Å²) < 4.78 is 10.9. The van der Waals surface area contributed by atoms with Gasteiger partial charge in [0.15, 0.2) is 10.2 Å². The maximum atomic E-state index is 12.0. The van der Waals surface area contributed by atoms with Crippen LogP contribution in [0.5, 0.6) is 0 Å². The number of carbonyl (C=O) groups is 1. The van der Waals surface area contributed by atoms with Gasteiger partial charge in [0.05, 0.1) is 0 Å². The molecular formula is C12H16ClNO3S. The molecule has 18 heavy (non-hydrogen) atoms. The molecule has 1 fully saturated rings. The molecule has 0 amide bonds. The van der Waals surface area contributed by atoms with Gasteiger partial charge in [-0.3, -0.25) is 0 Å². The summed E-state index contributed by atoms with van der Waals surface area (Å²) in [5, 5.41) is 0. The van der Waals surface area contributed by atoms with Crippen LogP contribution in [0.4, 0.5) is 0 Å². The quantitative estimate of drug-likeness (QED) is 0.781. The van der Waals surface area contributed by atoms with Gasteiger partial charge < -0.3 is 9.47 Å². The van der Waals surface area contributed by atoms with Crippen molar-refractivity contribution in [1.82, 2.24) is 4.98 Å². The van der Waals surface area contributed by atoms with Crippen molar-refractivity contribution in [3.8, 4) is 0 Å². The first-order valence-electron chi connectivity index (χ1n) is 5.86. The Balaban J connectivity index is 2.04. The second-order valence-corrected chi connectivity index (χ2v) is 6.41. The average Bonchev–Trinajstić information content (AvgIpc) is 3.01. The number of hydrogen-bond acceptors (Lipinski definition) is 5. The summed E-state index contributed by atoms with van der Waals surface area (Å²) in [6.45, 7) is 4.28. The molecule has 2 rings (SSSR count). The van der Waals surface area contributed by atoms with Crippen LogP contribution in [0.2, 0.25) is 4.47 Å². The third-order valence-electron chi connectivity index (χ3n) is 3.05. The highest BCUT2D eigenvalue weighted by Gasteiger charge is 2.44. The zero-order valence-electron chi connectivity index (χ0n) is 10.7. The second-order valence-electron chi connectivity index (χ2n) is 4.80. The summed E-state index contributed by atoms with van der Waals surface area (Å²) in [6.07, 6.45) is 1.87. The molecule has 0 bridgehead atoms. The summed E-state index contributed by atoms with van der Waals surface area (Å²) in [5.41, 5.74) is 0.0832. The predicted octanol–water partition coefficient (Wildman–Crippen LogP) is 3.26. The molecule has 1 saturated carbocycles. The van der Waals surface area contributed by atoms with Crippen LogP contribution in [0.15, 0.2) is 0 Å². The standard InChI is InChI=1S/C12H16ClNO3S/c1-7(2)9-8(14-11(13)18-9)10(15)17-6-12(16-3)4-5-12/h7H,4-6H2,1-3H3. The van der Waals surface area contributed by atoms with E-state index in [4.69, 9.17) is 21.1 Å². The van der Waals surface area contributed by atoms with E-state index >= 15 is 0 Å². The summed E-state index contributed by atoms with van der Waals surface area (Å²) >= 11 is 7.19. The van der Waals surface area contributed by atoms with Crippen LogP contribution in [0.3, 0.4) is 0 Å². The van der Waals surface area contributed by atoms with E-state index in [0.717, 1.165) is 17.7 Å². The van der Waals surface area contributed by atoms with Gasteiger partial charge in [-0.05, 0) is 18.8 Å². The fraction of sp³-hybridized carbons (Fsp3) is 0.667. The smallest absolute Gasteiger partial charge is 0.358 e. The van der Waals surface area contributed by atoms with Crippen molar-refractivity contribution >= 4 is 28.9 Å². The molecule has 0 unspecified atom stereocenters. The van der Waals surface area contributed by atoms with E-state index in [-0.39, 0.29) is 18.1 Å². The number of carbonyl (C=O) groups excluding carboxylic acids is 1. The SMILES string of the molecule is COC1(COC(=O)c2nc(Cl)sc2C(C)C)CC1. The minimum Gasteiger partial charge on any atom is -0.458 e. The van der Waals surface area contributed by atoms with Crippen molar-refractivity contribution in [3.63, 3.8) is 0 Å². The van der Waals surface area contributed by atoms with E-state index in [0.29, 0.717) is 10.2 Å². The Labute approximate surface area is 115 Å². The van der Waals surface area contributed by atoms with Gasteiger partial charge in [0.25, 0.3) is 0 Å². The number of aromatic nitrogens is 1. The molecular weight excluding hydrogens is 274 g/mol. The van der Waals surface area contributed by atoms with E-state index in [1.807, 2.05) is 13.8 Å². The summed E-state index contributed by atoms with van der Waals surface area (Å²) in [5.74, 6) is -0.208. The van der Waals surface area contributed by atoms with E-state index < -0.39 is 5.97 Å². The van der Waals surface area contributed by atoms with Gasteiger partial charge in [-0.1, -0.05) is 25.4 Å². The van der Waals surface area contributed by atoms with Crippen LogP contribution in [-0.2, 0) is 9.47 Å². The summed E-state index contributed by atoms with van der Waals surface area (Å²) in [4.78, 5) is 16.9. The first-order chi connectivity index (χ1) is 8.47. The topological polar surface area (TPSA) is 48.4 Å². The minimum absolute atomic E-state index is 0.204. The third kappa shape index (κ3) is 2.84. The molecule has 0 saturated heterocycles. The van der Waals surface area contributed by atoms with Crippen LogP contribution in [0.1, 0.15) is 48.0 Å². The number of hydrogen-bond donors (Lipinski definition) is 0. The summed E-state index contributed by atoms with van der Waals surface area (Å²) in [7, 11) is 1.64. The van der Waals surface area contributed by atoms with Gasteiger partial charge in [0.1, 0.15) is 12.2 Å². The molecule has 0 N–H and O–H groups in total. The van der Waals surface area contributed by atoms with Crippen LogP contribution in [0, 0.1) is 0 Å². The number of rotatable bonds is 5. The largest absolute Gasteiger partial charge is 0.458 e. The Morgan fingerprint density at radius 3 is 2.72 bits per heavy atom. The lowest BCUT2D eigenvalue weighted by atomic mass is 10.1. The van der Waals surface area contributed by atoms with E-state index in [1.165, 1.54) is 11.3 Å². The zero-order chi connectivity index (χ0) is 13.3. The molecule has 0 spiro atoms. The van der Waals surface area contributed by atoms with Gasteiger partial charge in [-0.2, -0.15) is 0 Å². The highest BCUT2D eigenvalue weighted by atomic mass is 35.5. The molecule has 1 heterocycles. The van der Waals surface area contributed by atoms with E-state index in [9.17, 15) is 4.79 Å². The molecule has 100 valence electrons. The van der Waals surface area contributed by atoms with Crippen molar-refractivity contribution in [3.05, 3.63) is 15.0 Å². The second kappa shape index (κ2) is 5.15. The monoisotopic (exact) mass is 289 g/mol. The van der Waals surface area contributed by atoms with Gasteiger partial charge in [-0.15, -0.1) is 11.3 Å². The fourth-order valence-electron chi connectivity index (χ4n) is 1.65. The van der Waals surface area contributed by atoms with Crippen LogP contribution in [-0.4, -0.2) is 30.3 Å². The van der Waals surface area contributed by atoms with Crippen LogP contribution in [0.25, 0.3) is 0 Å². The Kier molecular flexibility index (Phi) is 3.94. The highest BCUT2D eigenvalue weighted by molar-refractivity contribution is 7.16. The number of nitrogens with zero attached hydrogens (tertiary/aromatic N) is 1. The molecule has 1 aliphatic carbocycles. The molecule has 1 aromatic rings. The first-order valence-corrected chi connectivity index (χ1v) is 7.05. The average molecular weight is 290 g/mol. The Morgan fingerprint density at radius 2 is 2.22 bits per heavy atom. The number of esters is 1. The molecule has 1 aliphatic rings. The fourth-order valence-corrected chi connectivity index (χ4v) is 2.77. The van der Waals surface area contributed by atoms with E-state index in [2.05, 4.69) is 4.98 Å². The van der Waals surface area contributed by atoms with Crippen molar-refractivity contribution in [2.75, 3.05) is 13.7 Å². The third-order valence-corrected chi connectivity index (χ3v) is 4.51. The van der Waals surface area contributed by atoms with Crippen molar-refractivity contribution < 1.29 is 14.3 Å². The van der Waals surface area contributed by atoms with Crippen molar-refractivity contribution in [2.24, 2.45) is 0 Å². The van der Waals surface area contributed by atoms with Crippen molar-refractivity contribution in [1.29, 1.82) is 0 Å².